The van der Waals surface area contributed by atoms with E-state index in [1.165, 1.54) is 0 Å². The van der Waals surface area contributed by atoms with E-state index < -0.39 is 5.56 Å². The fraction of sp³-hybridized carbons (Fsp3) is 0.250. The van der Waals surface area contributed by atoms with Crippen LogP contribution in [0.1, 0.15) is 13.8 Å². The average molecular weight is 254 g/mol. The number of H-pyrrole nitrogens is 1. The number of nitrogens with one attached hydrogen (secondary N) is 1. The molecule has 5 heteroatoms. The van der Waals surface area contributed by atoms with Crippen molar-refractivity contribution in [3.8, 4) is 11.5 Å². The molecule has 0 radical (unpaired) electrons. The number of aromatic nitrogens is 1. The Labute approximate surface area is 103 Å². The minimum absolute atomic E-state index is 0.0204. The third kappa shape index (κ3) is 2.22. The van der Waals surface area contributed by atoms with Crippen LogP contribution in [0.15, 0.2) is 23.0 Å². The molecule has 1 aromatic heterocycles. The molecule has 0 aliphatic heterocycles. The van der Waals surface area contributed by atoms with Gasteiger partial charge in [0.2, 0.25) is 0 Å². The lowest BCUT2D eigenvalue weighted by Crippen LogP contribution is -2.07. The molecule has 0 aliphatic carbocycles. The molecule has 1 aromatic carbocycles. The molecular formula is C12H12ClNO3. The summed E-state index contributed by atoms with van der Waals surface area (Å²) in [5, 5.41) is 10.9. The van der Waals surface area contributed by atoms with Crippen LogP contribution in [0.2, 0.25) is 5.15 Å². The molecule has 90 valence electrons. The highest BCUT2D eigenvalue weighted by atomic mass is 35.5. The molecule has 0 bridgehead atoms. The minimum Gasteiger partial charge on any atom is -0.503 e. The lowest BCUT2D eigenvalue weighted by Gasteiger charge is -2.11. The molecule has 0 fully saturated rings. The Morgan fingerprint density at radius 1 is 1.35 bits per heavy atom. The second kappa shape index (κ2) is 4.30. The topological polar surface area (TPSA) is 62.3 Å². The van der Waals surface area contributed by atoms with E-state index in [-0.39, 0.29) is 17.0 Å². The summed E-state index contributed by atoms with van der Waals surface area (Å²) in [7, 11) is 0. The summed E-state index contributed by atoms with van der Waals surface area (Å²) in [6.45, 7) is 3.80. The molecule has 4 nitrogen and oxygen atoms in total. The van der Waals surface area contributed by atoms with Gasteiger partial charge in [-0.2, -0.15) is 0 Å². The molecular weight excluding hydrogens is 242 g/mol. The van der Waals surface area contributed by atoms with Gasteiger partial charge in [0, 0.05) is 10.8 Å². The zero-order valence-electron chi connectivity index (χ0n) is 9.45. The Hall–Kier alpha value is -1.68. The Kier molecular flexibility index (Phi) is 2.98. The number of fused-ring (bicyclic) bond motifs is 1. The van der Waals surface area contributed by atoms with E-state index in [1.807, 2.05) is 13.8 Å². The number of halogens is 1. The van der Waals surface area contributed by atoms with Gasteiger partial charge in [-0.25, -0.2) is 0 Å². The smallest absolute Gasteiger partial charge is 0.291 e. The SMILES string of the molecule is CC(C)Oc1ccc2c(Cl)[nH]c(=O)c(O)c2c1. The van der Waals surface area contributed by atoms with Crippen LogP contribution < -0.4 is 10.3 Å². The van der Waals surface area contributed by atoms with Crippen LogP contribution in [0.5, 0.6) is 11.5 Å². The van der Waals surface area contributed by atoms with Crippen LogP contribution in [0.4, 0.5) is 0 Å². The molecule has 1 heterocycles. The van der Waals surface area contributed by atoms with E-state index in [9.17, 15) is 9.90 Å². The number of aromatic hydroxyl groups is 1. The van der Waals surface area contributed by atoms with Gasteiger partial charge in [0.25, 0.3) is 5.56 Å². The van der Waals surface area contributed by atoms with E-state index in [0.29, 0.717) is 16.5 Å². The summed E-state index contributed by atoms with van der Waals surface area (Å²) in [5.74, 6) is 0.239. The molecule has 2 aromatic rings. The fourth-order valence-electron chi connectivity index (χ4n) is 1.60. The normalized spacial score (nSPS) is 11.1. The maximum atomic E-state index is 11.4. The highest BCUT2D eigenvalue weighted by Crippen LogP contribution is 2.29. The van der Waals surface area contributed by atoms with Gasteiger partial charge in [0.05, 0.1) is 6.10 Å². The van der Waals surface area contributed by atoms with Crippen LogP contribution in [0.25, 0.3) is 10.8 Å². The van der Waals surface area contributed by atoms with Crippen LogP contribution >= 0.6 is 11.6 Å². The summed E-state index contributed by atoms with van der Waals surface area (Å²) >= 11 is 5.88. The lowest BCUT2D eigenvalue weighted by molar-refractivity contribution is 0.242. The molecule has 0 spiro atoms. The first-order valence-electron chi connectivity index (χ1n) is 5.20. The predicted octanol–water partition coefficient (Wildman–Crippen LogP) is 2.67. The third-order valence-corrected chi connectivity index (χ3v) is 2.59. The van der Waals surface area contributed by atoms with E-state index in [1.54, 1.807) is 18.2 Å². The zero-order chi connectivity index (χ0) is 12.6. The van der Waals surface area contributed by atoms with Crippen molar-refractivity contribution < 1.29 is 9.84 Å². The largest absolute Gasteiger partial charge is 0.503 e. The summed E-state index contributed by atoms with van der Waals surface area (Å²) < 4.78 is 5.49. The predicted molar refractivity (Wildman–Crippen MR) is 67.0 cm³/mol. The van der Waals surface area contributed by atoms with E-state index in [4.69, 9.17) is 16.3 Å². The second-order valence-corrected chi connectivity index (χ2v) is 4.37. The molecule has 0 atom stereocenters. The van der Waals surface area contributed by atoms with Gasteiger partial charge in [-0.1, -0.05) is 11.6 Å². The zero-order valence-corrected chi connectivity index (χ0v) is 10.2. The summed E-state index contributed by atoms with van der Waals surface area (Å²) in [4.78, 5) is 13.7. The second-order valence-electron chi connectivity index (χ2n) is 3.99. The van der Waals surface area contributed by atoms with Crippen molar-refractivity contribution in [2.24, 2.45) is 0 Å². The summed E-state index contributed by atoms with van der Waals surface area (Å²) in [6.07, 6.45) is 0.0204. The van der Waals surface area contributed by atoms with Crippen molar-refractivity contribution >= 4 is 22.4 Å². The number of aromatic amines is 1. The first-order chi connectivity index (χ1) is 7.99. The molecule has 0 unspecified atom stereocenters. The van der Waals surface area contributed by atoms with Crippen LogP contribution in [0.3, 0.4) is 0 Å². The van der Waals surface area contributed by atoms with E-state index in [0.717, 1.165) is 0 Å². The van der Waals surface area contributed by atoms with Crippen molar-refractivity contribution in [3.05, 3.63) is 33.7 Å². The number of pyridine rings is 1. The van der Waals surface area contributed by atoms with Gasteiger partial charge in [0.1, 0.15) is 10.9 Å². The summed E-state index contributed by atoms with van der Waals surface area (Å²) in [5.41, 5.74) is -0.607. The Bertz CT molecular complexity index is 619. The average Bonchev–Trinajstić information content (AvgIpc) is 2.25. The van der Waals surface area contributed by atoms with Gasteiger partial charge in [-0.15, -0.1) is 0 Å². The molecule has 0 saturated carbocycles. The molecule has 0 amide bonds. The number of hydrogen-bond acceptors (Lipinski definition) is 3. The van der Waals surface area contributed by atoms with Gasteiger partial charge in [-0.05, 0) is 32.0 Å². The first-order valence-corrected chi connectivity index (χ1v) is 5.58. The van der Waals surface area contributed by atoms with E-state index in [2.05, 4.69) is 4.98 Å². The van der Waals surface area contributed by atoms with Crippen molar-refractivity contribution in [1.29, 1.82) is 0 Å². The standard InChI is InChI=1S/C12H12ClNO3/c1-6(2)17-7-3-4-8-9(5-7)10(15)12(16)14-11(8)13/h3-6,15H,1-2H3,(H,14,16). The maximum Gasteiger partial charge on any atom is 0.291 e. The van der Waals surface area contributed by atoms with Gasteiger partial charge in [0.15, 0.2) is 5.75 Å². The molecule has 0 saturated heterocycles. The molecule has 2 rings (SSSR count). The Morgan fingerprint density at radius 2 is 2.06 bits per heavy atom. The highest BCUT2D eigenvalue weighted by molar-refractivity contribution is 6.34. The molecule has 0 aliphatic rings. The van der Waals surface area contributed by atoms with Gasteiger partial charge >= 0.3 is 0 Å². The van der Waals surface area contributed by atoms with Gasteiger partial charge < -0.3 is 14.8 Å². The van der Waals surface area contributed by atoms with Crippen molar-refractivity contribution in [1.82, 2.24) is 4.98 Å². The maximum absolute atomic E-state index is 11.4. The van der Waals surface area contributed by atoms with Crippen LogP contribution in [0, 0.1) is 0 Å². The lowest BCUT2D eigenvalue weighted by atomic mass is 10.1. The first kappa shape index (κ1) is 11.8. The summed E-state index contributed by atoms with van der Waals surface area (Å²) in [6, 6.07) is 5.04. The molecule has 2 N–H and O–H groups in total. The minimum atomic E-state index is -0.607. The number of rotatable bonds is 2. The van der Waals surface area contributed by atoms with Crippen molar-refractivity contribution in [2.75, 3.05) is 0 Å². The highest BCUT2D eigenvalue weighted by Gasteiger charge is 2.10. The Morgan fingerprint density at radius 3 is 2.71 bits per heavy atom. The van der Waals surface area contributed by atoms with Crippen LogP contribution in [-0.4, -0.2) is 16.2 Å². The number of benzene rings is 1. The number of hydrogen-bond donors (Lipinski definition) is 2. The van der Waals surface area contributed by atoms with Gasteiger partial charge in [-0.3, -0.25) is 4.79 Å². The number of ether oxygens (including phenoxy) is 1. The monoisotopic (exact) mass is 253 g/mol. The third-order valence-electron chi connectivity index (χ3n) is 2.29. The van der Waals surface area contributed by atoms with Crippen molar-refractivity contribution in [2.45, 2.75) is 20.0 Å². The fourth-order valence-corrected chi connectivity index (χ4v) is 1.86. The van der Waals surface area contributed by atoms with E-state index >= 15 is 0 Å². The quantitative estimate of drug-likeness (QED) is 0.809. The molecule has 17 heavy (non-hydrogen) atoms. The Balaban J connectivity index is 2.68. The van der Waals surface area contributed by atoms with Crippen LogP contribution in [-0.2, 0) is 0 Å². The van der Waals surface area contributed by atoms with Crippen molar-refractivity contribution in [3.63, 3.8) is 0 Å².